The molecule has 0 bridgehead atoms. The number of benzene rings is 3. The van der Waals surface area contributed by atoms with Crippen molar-refractivity contribution < 1.29 is 9.00 Å². The van der Waals surface area contributed by atoms with E-state index in [4.69, 9.17) is 0 Å². The van der Waals surface area contributed by atoms with Gasteiger partial charge in [0.2, 0.25) is 0 Å². The minimum Gasteiger partial charge on any atom is -0.365 e. The molecule has 5 rings (SSSR count). The van der Waals surface area contributed by atoms with Crippen LogP contribution < -0.4 is 15.5 Å². The lowest BCUT2D eigenvalue weighted by Crippen LogP contribution is -2.32. The lowest BCUT2D eigenvalue weighted by Gasteiger charge is -2.31. The van der Waals surface area contributed by atoms with Gasteiger partial charge in [-0.1, -0.05) is 36.4 Å². The molecule has 0 saturated carbocycles. The molecule has 1 aliphatic rings. The summed E-state index contributed by atoms with van der Waals surface area (Å²) in [7, 11) is -1.03. The van der Waals surface area contributed by atoms with Crippen molar-refractivity contribution in [1.29, 1.82) is 0 Å². The Morgan fingerprint density at radius 1 is 0.968 bits per heavy atom. The lowest BCUT2D eigenvalue weighted by molar-refractivity contribution is 0.262. The van der Waals surface area contributed by atoms with E-state index in [2.05, 4.69) is 32.7 Å². The highest BCUT2D eigenvalue weighted by atomic mass is 32.2. The molecule has 1 atom stereocenters. The molecule has 31 heavy (non-hydrogen) atoms. The van der Waals surface area contributed by atoms with Gasteiger partial charge in [0, 0.05) is 41.9 Å². The summed E-state index contributed by atoms with van der Waals surface area (Å²) < 4.78 is 12.5. The van der Waals surface area contributed by atoms with Gasteiger partial charge in [0.25, 0.3) is 0 Å². The van der Waals surface area contributed by atoms with E-state index in [9.17, 15) is 9.00 Å². The number of nitrogens with zero attached hydrogens (tertiary/aromatic N) is 1. The molecule has 2 amide bonds. The highest BCUT2D eigenvalue weighted by molar-refractivity contribution is 7.85. The predicted octanol–water partition coefficient (Wildman–Crippen LogP) is 4.94. The van der Waals surface area contributed by atoms with Crippen molar-refractivity contribution in [3.05, 3.63) is 84.6 Å². The third-order valence-electron chi connectivity index (χ3n) is 5.38. The Morgan fingerprint density at radius 2 is 1.74 bits per heavy atom. The van der Waals surface area contributed by atoms with Crippen LogP contribution >= 0.6 is 0 Å². The lowest BCUT2D eigenvalue weighted by atomic mass is 10.2. The van der Waals surface area contributed by atoms with Crippen LogP contribution in [0.3, 0.4) is 0 Å². The average Bonchev–Trinajstić information content (AvgIpc) is 3.24. The molecule has 4 aromatic rings. The molecule has 7 heteroatoms. The van der Waals surface area contributed by atoms with Crippen LogP contribution in [-0.4, -0.2) is 27.5 Å². The Morgan fingerprint density at radius 3 is 2.58 bits per heavy atom. The number of H-pyrrole nitrogens is 1. The van der Waals surface area contributed by atoms with Crippen LogP contribution in [0.15, 0.2) is 83.9 Å². The molecule has 0 saturated heterocycles. The molecule has 2 heterocycles. The van der Waals surface area contributed by atoms with E-state index >= 15 is 0 Å². The van der Waals surface area contributed by atoms with Crippen LogP contribution in [0.1, 0.15) is 5.56 Å². The number of amides is 2. The van der Waals surface area contributed by atoms with Gasteiger partial charge in [-0.15, -0.1) is 0 Å². The van der Waals surface area contributed by atoms with E-state index in [0.29, 0.717) is 23.7 Å². The third kappa shape index (κ3) is 4.18. The maximum absolute atomic E-state index is 12.6. The summed E-state index contributed by atoms with van der Waals surface area (Å²) in [6, 6.07) is 23.1. The first-order valence-electron chi connectivity index (χ1n) is 10.1. The number of carbonyl (C=O) groups is 1. The number of rotatable bonds is 4. The van der Waals surface area contributed by atoms with Crippen molar-refractivity contribution in [2.24, 2.45) is 0 Å². The van der Waals surface area contributed by atoms with Crippen molar-refractivity contribution in [3.8, 4) is 0 Å². The minimum absolute atomic E-state index is 0.322. The van der Waals surface area contributed by atoms with Crippen LogP contribution in [0.25, 0.3) is 10.9 Å². The highest BCUT2D eigenvalue weighted by Crippen LogP contribution is 2.32. The van der Waals surface area contributed by atoms with Gasteiger partial charge in [-0.3, -0.25) is 4.21 Å². The Labute approximate surface area is 182 Å². The molecule has 1 aliphatic heterocycles. The minimum atomic E-state index is -1.03. The number of aromatic amines is 1. The molecule has 1 unspecified atom stereocenters. The fourth-order valence-electron chi connectivity index (χ4n) is 3.85. The molecule has 3 aromatic carbocycles. The zero-order valence-corrected chi connectivity index (χ0v) is 17.6. The van der Waals surface area contributed by atoms with E-state index in [0.717, 1.165) is 28.0 Å². The zero-order valence-electron chi connectivity index (χ0n) is 16.8. The maximum atomic E-state index is 12.6. The quantitative estimate of drug-likeness (QED) is 0.429. The second-order valence-corrected chi connectivity index (χ2v) is 9.04. The number of anilines is 3. The summed E-state index contributed by atoms with van der Waals surface area (Å²) in [4.78, 5) is 18.7. The monoisotopic (exact) mass is 430 g/mol. The molecule has 1 aromatic heterocycles. The summed E-state index contributed by atoms with van der Waals surface area (Å²) >= 11 is 0. The number of fused-ring (bicyclic) bond motifs is 2. The van der Waals surface area contributed by atoms with Gasteiger partial charge in [0.05, 0.1) is 21.4 Å². The van der Waals surface area contributed by atoms with E-state index in [1.807, 2.05) is 60.8 Å². The molecule has 3 N–H and O–H groups in total. The van der Waals surface area contributed by atoms with Crippen LogP contribution in [0, 0.1) is 0 Å². The SMILES string of the molecule is O=C(Nc1ccc2c(c1)N(Cc1ccccc1)CCS2=O)Nc1ccc2cc[nH]c2c1. The number of hydrogen-bond donors (Lipinski definition) is 3. The number of aromatic nitrogens is 1. The van der Waals surface area contributed by atoms with Gasteiger partial charge in [0.15, 0.2) is 0 Å². The van der Waals surface area contributed by atoms with Gasteiger partial charge in [-0.25, -0.2) is 4.79 Å². The van der Waals surface area contributed by atoms with Crippen molar-refractivity contribution in [2.45, 2.75) is 11.4 Å². The van der Waals surface area contributed by atoms with E-state index in [1.165, 1.54) is 5.56 Å². The molecule has 0 spiro atoms. The number of nitrogens with one attached hydrogen (secondary N) is 3. The summed E-state index contributed by atoms with van der Waals surface area (Å²) in [6.07, 6.45) is 1.87. The molecule has 156 valence electrons. The Balaban J connectivity index is 1.34. The molecule has 6 nitrogen and oxygen atoms in total. The normalized spacial score (nSPS) is 15.5. The first-order valence-corrected chi connectivity index (χ1v) is 11.4. The number of carbonyl (C=O) groups excluding carboxylic acids is 1. The van der Waals surface area contributed by atoms with Crippen molar-refractivity contribution in [1.82, 2.24) is 4.98 Å². The van der Waals surface area contributed by atoms with E-state index in [1.54, 1.807) is 6.07 Å². The molecule has 0 fully saturated rings. The van der Waals surface area contributed by atoms with Crippen LogP contribution in [-0.2, 0) is 17.3 Å². The first kappa shape index (κ1) is 19.4. The Hall–Kier alpha value is -3.58. The summed E-state index contributed by atoms with van der Waals surface area (Å²) in [5, 5.41) is 6.85. The van der Waals surface area contributed by atoms with Crippen molar-refractivity contribution >= 4 is 44.8 Å². The molecule has 0 radical (unpaired) electrons. The fourth-order valence-corrected chi connectivity index (χ4v) is 5.09. The van der Waals surface area contributed by atoms with Gasteiger partial charge in [-0.2, -0.15) is 0 Å². The van der Waals surface area contributed by atoms with Gasteiger partial charge in [-0.05, 0) is 47.3 Å². The third-order valence-corrected chi connectivity index (χ3v) is 6.77. The van der Waals surface area contributed by atoms with E-state index in [-0.39, 0.29) is 6.03 Å². The number of hydrogen-bond acceptors (Lipinski definition) is 3. The largest absolute Gasteiger partial charge is 0.365 e. The fraction of sp³-hybridized carbons (Fsp3) is 0.125. The second kappa shape index (κ2) is 8.28. The number of urea groups is 1. The maximum Gasteiger partial charge on any atom is 0.323 e. The zero-order chi connectivity index (χ0) is 21.2. The van der Waals surface area contributed by atoms with Gasteiger partial charge >= 0.3 is 6.03 Å². The molecular weight excluding hydrogens is 408 g/mol. The summed E-state index contributed by atoms with van der Waals surface area (Å²) in [5.41, 5.74) is 4.42. The summed E-state index contributed by atoms with van der Waals surface area (Å²) in [6.45, 7) is 1.44. The van der Waals surface area contributed by atoms with Gasteiger partial charge in [0.1, 0.15) is 0 Å². The van der Waals surface area contributed by atoms with Crippen LogP contribution in [0.2, 0.25) is 0 Å². The Kier molecular flexibility index (Phi) is 5.18. The van der Waals surface area contributed by atoms with Crippen LogP contribution in [0.4, 0.5) is 21.9 Å². The van der Waals surface area contributed by atoms with Crippen LogP contribution in [0.5, 0.6) is 0 Å². The standard InChI is InChI=1S/C24H22N4O2S/c29-24(26-19-7-6-18-10-11-25-21(18)14-19)27-20-8-9-23-22(15-20)28(12-13-31(23)30)16-17-4-2-1-3-5-17/h1-11,14-15,25H,12-13,16H2,(H2,26,27,29). The smallest absolute Gasteiger partial charge is 0.323 e. The van der Waals surface area contributed by atoms with Gasteiger partial charge < -0.3 is 20.5 Å². The molecule has 0 aliphatic carbocycles. The average molecular weight is 431 g/mol. The highest BCUT2D eigenvalue weighted by Gasteiger charge is 2.23. The first-order chi connectivity index (χ1) is 15.2. The topological polar surface area (TPSA) is 77.2 Å². The summed E-state index contributed by atoms with van der Waals surface area (Å²) in [5.74, 6) is 0.605. The Bertz CT molecular complexity index is 1270. The van der Waals surface area contributed by atoms with Crippen molar-refractivity contribution in [3.63, 3.8) is 0 Å². The second-order valence-electron chi connectivity index (χ2n) is 7.50. The van der Waals surface area contributed by atoms with E-state index < -0.39 is 10.8 Å². The molecular formula is C24H22N4O2S. The predicted molar refractivity (Wildman–Crippen MR) is 126 cm³/mol. The van der Waals surface area contributed by atoms with Crippen molar-refractivity contribution in [2.75, 3.05) is 27.8 Å².